The molecule has 1 N–H and O–H groups in total. The van der Waals surface area contributed by atoms with Gasteiger partial charge >= 0.3 is 0 Å². The number of morpholine rings is 1. The van der Waals surface area contributed by atoms with Crippen molar-refractivity contribution < 1.29 is 4.74 Å². The number of rotatable bonds is 4. The molecule has 3 rings (SSSR count). The average molecular weight is 287 g/mol. The highest BCUT2D eigenvalue weighted by atomic mass is 16.5. The van der Waals surface area contributed by atoms with Crippen LogP contribution >= 0.6 is 0 Å². The molecule has 0 aliphatic carbocycles. The van der Waals surface area contributed by atoms with Crippen molar-refractivity contribution in [3.8, 4) is 0 Å². The maximum Gasteiger partial charge on any atom is 0.250 e. The Labute approximate surface area is 122 Å². The highest BCUT2D eigenvalue weighted by Crippen LogP contribution is 2.16. The van der Waals surface area contributed by atoms with E-state index in [1.807, 2.05) is 0 Å². The maximum atomic E-state index is 11.2. The summed E-state index contributed by atoms with van der Waals surface area (Å²) in [6.07, 6.45) is 8.23. The van der Waals surface area contributed by atoms with Crippen LogP contribution in [-0.2, 0) is 11.2 Å². The largest absolute Gasteiger partial charge is 0.375 e. The number of hydrogen-bond donors (Lipinski definition) is 1. The Kier molecular flexibility index (Phi) is 4.20. The van der Waals surface area contributed by atoms with Gasteiger partial charge in [0, 0.05) is 37.2 Å². The predicted octanol–water partition coefficient (Wildman–Crippen LogP) is 0.398. The van der Waals surface area contributed by atoms with E-state index >= 15 is 0 Å². The van der Waals surface area contributed by atoms with Crippen molar-refractivity contribution in [3.63, 3.8) is 0 Å². The zero-order valence-corrected chi connectivity index (χ0v) is 11.6. The zero-order chi connectivity index (χ0) is 14.5. The van der Waals surface area contributed by atoms with Crippen LogP contribution in [0.1, 0.15) is 12.1 Å². The number of aryl methyl sites for hydroxylation is 1. The molecule has 3 heterocycles. The van der Waals surface area contributed by atoms with Crippen molar-refractivity contribution in [2.45, 2.75) is 18.9 Å². The number of nitrogens with zero attached hydrogens (tertiary/aromatic N) is 4. The summed E-state index contributed by atoms with van der Waals surface area (Å²) in [5, 5.41) is 0. The SMILES string of the molecule is O=c1cc(CC[C@@H]2CN(c3cnccn3)CCO2)nc[nH]1. The van der Waals surface area contributed by atoms with Crippen LogP contribution in [0.3, 0.4) is 0 Å². The van der Waals surface area contributed by atoms with E-state index < -0.39 is 0 Å². The van der Waals surface area contributed by atoms with Gasteiger partial charge in [-0.1, -0.05) is 0 Å². The molecule has 1 saturated heterocycles. The fourth-order valence-corrected chi connectivity index (χ4v) is 2.41. The number of nitrogens with one attached hydrogen (secondary N) is 1. The molecule has 0 bridgehead atoms. The van der Waals surface area contributed by atoms with Gasteiger partial charge in [0.15, 0.2) is 0 Å². The van der Waals surface area contributed by atoms with Gasteiger partial charge in [0.05, 0.1) is 25.2 Å². The summed E-state index contributed by atoms with van der Waals surface area (Å²) in [6.45, 7) is 2.27. The Balaban J connectivity index is 1.58. The lowest BCUT2D eigenvalue weighted by molar-refractivity contribution is 0.0350. The lowest BCUT2D eigenvalue weighted by Gasteiger charge is -2.33. The van der Waals surface area contributed by atoms with E-state index in [-0.39, 0.29) is 11.7 Å². The summed E-state index contributed by atoms with van der Waals surface area (Å²) < 4.78 is 5.78. The molecule has 7 heteroatoms. The molecule has 0 spiro atoms. The minimum absolute atomic E-state index is 0.113. The van der Waals surface area contributed by atoms with Crippen molar-refractivity contribution >= 4 is 5.82 Å². The third kappa shape index (κ3) is 3.63. The third-order valence-corrected chi connectivity index (χ3v) is 3.47. The number of aromatic amines is 1. The summed E-state index contributed by atoms with van der Waals surface area (Å²) in [4.78, 5) is 28.5. The minimum atomic E-state index is -0.120. The summed E-state index contributed by atoms with van der Waals surface area (Å²) in [5.74, 6) is 0.875. The molecular weight excluding hydrogens is 270 g/mol. The molecule has 0 saturated carbocycles. The molecule has 110 valence electrons. The second-order valence-electron chi connectivity index (χ2n) is 4.94. The van der Waals surface area contributed by atoms with Crippen molar-refractivity contribution in [1.29, 1.82) is 0 Å². The van der Waals surface area contributed by atoms with Crippen molar-refractivity contribution in [2.24, 2.45) is 0 Å². The first-order valence-corrected chi connectivity index (χ1v) is 6.97. The van der Waals surface area contributed by atoms with Crippen LogP contribution in [0.2, 0.25) is 0 Å². The first-order valence-electron chi connectivity index (χ1n) is 6.97. The van der Waals surface area contributed by atoms with E-state index in [4.69, 9.17) is 4.74 Å². The van der Waals surface area contributed by atoms with Crippen molar-refractivity contribution in [3.05, 3.63) is 47.0 Å². The molecule has 1 fully saturated rings. The van der Waals surface area contributed by atoms with Crippen LogP contribution in [0.25, 0.3) is 0 Å². The van der Waals surface area contributed by atoms with E-state index in [0.717, 1.165) is 37.4 Å². The van der Waals surface area contributed by atoms with E-state index in [0.29, 0.717) is 6.61 Å². The summed E-state index contributed by atoms with van der Waals surface area (Å²) in [6, 6.07) is 1.53. The topological polar surface area (TPSA) is 84.0 Å². The second kappa shape index (κ2) is 6.45. The maximum absolute atomic E-state index is 11.2. The quantitative estimate of drug-likeness (QED) is 0.876. The van der Waals surface area contributed by atoms with Gasteiger partial charge in [-0.3, -0.25) is 9.78 Å². The van der Waals surface area contributed by atoms with Crippen LogP contribution in [0, 0.1) is 0 Å². The molecule has 2 aromatic rings. The van der Waals surface area contributed by atoms with Gasteiger partial charge in [0.2, 0.25) is 0 Å². The molecular formula is C14H17N5O2. The molecule has 0 aromatic carbocycles. The van der Waals surface area contributed by atoms with Crippen molar-refractivity contribution in [1.82, 2.24) is 19.9 Å². The Morgan fingerprint density at radius 2 is 2.33 bits per heavy atom. The van der Waals surface area contributed by atoms with E-state index in [1.165, 1.54) is 12.4 Å². The van der Waals surface area contributed by atoms with E-state index in [2.05, 4.69) is 24.8 Å². The molecule has 0 unspecified atom stereocenters. The van der Waals surface area contributed by atoms with Gasteiger partial charge in [0.1, 0.15) is 5.82 Å². The lowest BCUT2D eigenvalue weighted by atomic mass is 10.1. The number of hydrogen-bond acceptors (Lipinski definition) is 6. The molecule has 7 nitrogen and oxygen atoms in total. The van der Waals surface area contributed by atoms with Crippen LogP contribution < -0.4 is 10.5 Å². The van der Waals surface area contributed by atoms with E-state index in [9.17, 15) is 4.79 Å². The molecule has 2 aromatic heterocycles. The summed E-state index contributed by atoms with van der Waals surface area (Å²) >= 11 is 0. The lowest BCUT2D eigenvalue weighted by Crippen LogP contribution is -2.43. The molecule has 1 aliphatic heterocycles. The number of anilines is 1. The smallest absolute Gasteiger partial charge is 0.250 e. The molecule has 21 heavy (non-hydrogen) atoms. The highest BCUT2D eigenvalue weighted by molar-refractivity contribution is 5.35. The molecule has 0 amide bonds. The van der Waals surface area contributed by atoms with Gasteiger partial charge in [-0.25, -0.2) is 9.97 Å². The highest BCUT2D eigenvalue weighted by Gasteiger charge is 2.21. The Bertz CT molecular complexity index is 631. The fraction of sp³-hybridized carbons (Fsp3) is 0.429. The number of H-pyrrole nitrogens is 1. The van der Waals surface area contributed by atoms with Crippen LogP contribution in [0.15, 0.2) is 35.8 Å². The van der Waals surface area contributed by atoms with Crippen LogP contribution in [0.5, 0.6) is 0 Å². The standard InChI is InChI=1S/C14H17N5O2/c20-14-7-11(17-10-18-14)1-2-12-9-19(5-6-21-12)13-8-15-3-4-16-13/h3-4,7-8,10,12H,1-2,5-6,9H2,(H,17,18,20)/t12-/m1/s1. The van der Waals surface area contributed by atoms with Crippen LogP contribution in [0.4, 0.5) is 5.82 Å². The normalized spacial score (nSPS) is 18.7. The second-order valence-corrected chi connectivity index (χ2v) is 4.94. The average Bonchev–Trinajstić information content (AvgIpc) is 2.54. The van der Waals surface area contributed by atoms with Gasteiger partial charge in [0.25, 0.3) is 5.56 Å². The Morgan fingerprint density at radius 1 is 1.38 bits per heavy atom. The summed E-state index contributed by atoms with van der Waals surface area (Å²) in [7, 11) is 0. The van der Waals surface area contributed by atoms with Gasteiger partial charge in [-0.15, -0.1) is 0 Å². The van der Waals surface area contributed by atoms with Gasteiger partial charge < -0.3 is 14.6 Å². The predicted molar refractivity (Wildman–Crippen MR) is 77.2 cm³/mol. The summed E-state index contributed by atoms with van der Waals surface area (Å²) in [5.41, 5.74) is 0.671. The monoisotopic (exact) mass is 287 g/mol. The Hall–Kier alpha value is -2.28. The van der Waals surface area contributed by atoms with E-state index in [1.54, 1.807) is 18.6 Å². The first kappa shape index (κ1) is 13.7. The molecule has 1 atom stereocenters. The van der Waals surface area contributed by atoms with Crippen molar-refractivity contribution in [2.75, 3.05) is 24.6 Å². The van der Waals surface area contributed by atoms with Crippen LogP contribution in [-0.4, -0.2) is 45.7 Å². The fourth-order valence-electron chi connectivity index (χ4n) is 2.41. The van der Waals surface area contributed by atoms with Gasteiger partial charge in [-0.2, -0.15) is 0 Å². The third-order valence-electron chi connectivity index (χ3n) is 3.47. The number of aromatic nitrogens is 4. The minimum Gasteiger partial charge on any atom is -0.375 e. The van der Waals surface area contributed by atoms with Gasteiger partial charge in [-0.05, 0) is 12.8 Å². The Morgan fingerprint density at radius 3 is 3.14 bits per heavy atom. The molecule has 0 radical (unpaired) electrons. The number of ether oxygens (including phenoxy) is 1. The first-order chi connectivity index (χ1) is 10.3. The zero-order valence-electron chi connectivity index (χ0n) is 11.6. The molecule has 1 aliphatic rings.